The molecule has 1 aromatic rings. The normalized spacial score (nSPS) is 26.3. The molecule has 0 heterocycles. The second-order valence-corrected chi connectivity index (χ2v) is 3.50. The van der Waals surface area contributed by atoms with Crippen LogP contribution in [0.25, 0.3) is 0 Å². The van der Waals surface area contributed by atoms with Crippen LogP contribution in [-0.4, -0.2) is 11.3 Å². The quantitative estimate of drug-likeness (QED) is 0.685. The standard InChI is InChI=1S/C10H9F3O/c11-10(12,13)8-5-6-3-1-2-4-7(6)9(8)14/h1-4,8-9,14H,5H2. The fourth-order valence-electron chi connectivity index (χ4n) is 1.87. The summed E-state index contributed by atoms with van der Waals surface area (Å²) in [6.07, 6.45) is -5.83. The van der Waals surface area contributed by atoms with Crippen LogP contribution in [0.4, 0.5) is 13.2 Å². The highest BCUT2D eigenvalue weighted by atomic mass is 19.4. The zero-order valence-electron chi connectivity index (χ0n) is 7.25. The molecule has 0 spiro atoms. The summed E-state index contributed by atoms with van der Waals surface area (Å²) in [6, 6.07) is 6.50. The van der Waals surface area contributed by atoms with E-state index in [1.807, 2.05) is 0 Å². The van der Waals surface area contributed by atoms with Crippen LogP contribution >= 0.6 is 0 Å². The topological polar surface area (TPSA) is 20.2 Å². The molecule has 4 heteroatoms. The molecule has 14 heavy (non-hydrogen) atoms. The third-order valence-corrected chi connectivity index (χ3v) is 2.62. The Labute approximate surface area is 79.2 Å². The molecule has 2 rings (SSSR count). The van der Waals surface area contributed by atoms with Crippen LogP contribution in [0, 0.1) is 5.92 Å². The van der Waals surface area contributed by atoms with E-state index < -0.39 is 18.2 Å². The molecule has 2 unspecified atom stereocenters. The van der Waals surface area contributed by atoms with Gasteiger partial charge in [-0.15, -0.1) is 0 Å². The highest BCUT2D eigenvalue weighted by Gasteiger charge is 2.48. The Morgan fingerprint density at radius 3 is 2.43 bits per heavy atom. The summed E-state index contributed by atoms with van der Waals surface area (Å²) in [6.45, 7) is 0. The number of aliphatic hydroxyl groups is 1. The minimum atomic E-state index is -4.32. The van der Waals surface area contributed by atoms with Crippen molar-refractivity contribution >= 4 is 0 Å². The molecule has 76 valence electrons. The first-order valence-corrected chi connectivity index (χ1v) is 4.32. The number of rotatable bonds is 0. The van der Waals surface area contributed by atoms with E-state index in [4.69, 9.17) is 0 Å². The summed E-state index contributed by atoms with van der Waals surface area (Å²) in [7, 11) is 0. The Balaban J connectivity index is 2.35. The van der Waals surface area contributed by atoms with E-state index in [0.29, 0.717) is 11.1 Å². The van der Waals surface area contributed by atoms with Crippen molar-refractivity contribution in [3.63, 3.8) is 0 Å². The lowest BCUT2D eigenvalue weighted by Gasteiger charge is -2.18. The SMILES string of the molecule is OC1c2ccccc2CC1C(F)(F)F. The van der Waals surface area contributed by atoms with Crippen molar-refractivity contribution in [1.82, 2.24) is 0 Å². The molecule has 1 nitrogen and oxygen atoms in total. The molecule has 2 atom stereocenters. The van der Waals surface area contributed by atoms with E-state index in [-0.39, 0.29) is 6.42 Å². The van der Waals surface area contributed by atoms with Crippen LogP contribution in [0.15, 0.2) is 24.3 Å². The lowest BCUT2D eigenvalue weighted by molar-refractivity contribution is -0.196. The van der Waals surface area contributed by atoms with Gasteiger partial charge in [-0.2, -0.15) is 13.2 Å². The third kappa shape index (κ3) is 1.39. The zero-order chi connectivity index (χ0) is 10.3. The van der Waals surface area contributed by atoms with E-state index >= 15 is 0 Å². The summed E-state index contributed by atoms with van der Waals surface area (Å²) < 4.78 is 37.2. The highest BCUT2D eigenvalue weighted by Crippen LogP contribution is 2.44. The molecule has 0 aromatic heterocycles. The number of hydrogen-bond donors (Lipinski definition) is 1. The summed E-state index contributed by atoms with van der Waals surface area (Å²) in [5.74, 6) is -1.64. The molecule has 0 radical (unpaired) electrons. The number of aliphatic hydroxyl groups excluding tert-OH is 1. The number of alkyl halides is 3. The van der Waals surface area contributed by atoms with Crippen LogP contribution in [0.5, 0.6) is 0 Å². The number of halogens is 3. The van der Waals surface area contributed by atoms with E-state index in [0.717, 1.165) is 0 Å². The molecule has 1 N–H and O–H groups in total. The Bertz CT molecular complexity index is 345. The second kappa shape index (κ2) is 2.98. The van der Waals surface area contributed by atoms with Crippen molar-refractivity contribution in [3.05, 3.63) is 35.4 Å². The fraction of sp³-hybridized carbons (Fsp3) is 0.400. The van der Waals surface area contributed by atoms with E-state index in [1.54, 1.807) is 24.3 Å². The highest BCUT2D eigenvalue weighted by molar-refractivity contribution is 5.34. The molecule has 1 aliphatic carbocycles. The van der Waals surface area contributed by atoms with E-state index in [2.05, 4.69) is 0 Å². The van der Waals surface area contributed by atoms with Gasteiger partial charge in [-0.05, 0) is 17.5 Å². The first-order chi connectivity index (χ1) is 6.50. The maximum Gasteiger partial charge on any atom is 0.394 e. The van der Waals surface area contributed by atoms with Gasteiger partial charge in [0.25, 0.3) is 0 Å². The molecule has 0 aliphatic heterocycles. The maximum atomic E-state index is 12.4. The Hall–Kier alpha value is -1.03. The van der Waals surface area contributed by atoms with Gasteiger partial charge in [-0.1, -0.05) is 24.3 Å². The first kappa shape index (κ1) is 9.52. The number of fused-ring (bicyclic) bond motifs is 1. The van der Waals surface area contributed by atoms with Crippen LogP contribution in [0.2, 0.25) is 0 Å². The van der Waals surface area contributed by atoms with Crippen molar-refractivity contribution < 1.29 is 18.3 Å². The minimum absolute atomic E-state index is 0.110. The lowest BCUT2D eigenvalue weighted by atomic mass is 10.0. The van der Waals surface area contributed by atoms with Crippen molar-refractivity contribution in [2.45, 2.75) is 18.7 Å². The smallest absolute Gasteiger partial charge is 0.388 e. The molecular formula is C10H9F3O. The van der Waals surface area contributed by atoms with Crippen molar-refractivity contribution in [2.75, 3.05) is 0 Å². The predicted molar refractivity (Wildman–Crippen MR) is 44.7 cm³/mol. The monoisotopic (exact) mass is 202 g/mol. The molecule has 0 amide bonds. The number of hydrogen-bond acceptors (Lipinski definition) is 1. The van der Waals surface area contributed by atoms with Gasteiger partial charge in [0, 0.05) is 0 Å². The van der Waals surface area contributed by atoms with E-state index in [1.165, 1.54) is 0 Å². The van der Waals surface area contributed by atoms with Gasteiger partial charge < -0.3 is 5.11 Å². The molecular weight excluding hydrogens is 193 g/mol. The van der Waals surface area contributed by atoms with Crippen LogP contribution < -0.4 is 0 Å². The predicted octanol–water partition coefficient (Wildman–Crippen LogP) is 2.45. The Kier molecular flexibility index (Phi) is 2.03. The van der Waals surface area contributed by atoms with E-state index in [9.17, 15) is 18.3 Å². The largest absolute Gasteiger partial charge is 0.394 e. The van der Waals surface area contributed by atoms with Gasteiger partial charge in [0.2, 0.25) is 0 Å². The van der Waals surface area contributed by atoms with Gasteiger partial charge in [0.1, 0.15) is 0 Å². The molecule has 0 fully saturated rings. The van der Waals surface area contributed by atoms with Gasteiger partial charge in [-0.25, -0.2) is 0 Å². The molecule has 1 aliphatic rings. The molecule has 0 bridgehead atoms. The van der Waals surface area contributed by atoms with Gasteiger partial charge in [0.05, 0.1) is 12.0 Å². The summed E-state index contributed by atoms with van der Waals surface area (Å²) in [5, 5.41) is 9.46. The first-order valence-electron chi connectivity index (χ1n) is 4.32. The summed E-state index contributed by atoms with van der Waals surface area (Å²) >= 11 is 0. The van der Waals surface area contributed by atoms with Crippen LogP contribution in [0.1, 0.15) is 17.2 Å². The average Bonchev–Trinajstić information content (AvgIpc) is 2.44. The van der Waals surface area contributed by atoms with Gasteiger partial charge >= 0.3 is 6.18 Å². The molecule has 0 saturated heterocycles. The van der Waals surface area contributed by atoms with Crippen molar-refractivity contribution in [3.8, 4) is 0 Å². The summed E-state index contributed by atoms with van der Waals surface area (Å²) in [4.78, 5) is 0. The third-order valence-electron chi connectivity index (χ3n) is 2.62. The Morgan fingerprint density at radius 2 is 1.86 bits per heavy atom. The van der Waals surface area contributed by atoms with Gasteiger partial charge in [-0.3, -0.25) is 0 Å². The average molecular weight is 202 g/mol. The molecule has 1 aromatic carbocycles. The minimum Gasteiger partial charge on any atom is -0.388 e. The van der Waals surface area contributed by atoms with Crippen LogP contribution in [-0.2, 0) is 6.42 Å². The fourth-order valence-corrected chi connectivity index (χ4v) is 1.87. The number of benzene rings is 1. The maximum absolute atomic E-state index is 12.4. The lowest BCUT2D eigenvalue weighted by Crippen LogP contribution is -2.26. The van der Waals surface area contributed by atoms with Gasteiger partial charge in [0.15, 0.2) is 0 Å². The van der Waals surface area contributed by atoms with Crippen LogP contribution in [0.3, 0.4) is 0 Å². The van der Waals surface area contributed by atoms with Crippen molar-refractivity contribution in [2.24, 2.45) is 5.92 Å². The Morgan fingerprint density at radius 1 is 1.21 bits per heavy atom. The molecule has 0 saturated carbocycles. The summed E-state index contributed by atoms with van der Waals surface area (Å²) in [5.41, 5.74) is 1.01. The zero-order valence-corrected chi connectivity index (χ0v) is 7.25. The second-order valence-electron chi connectivity index (χ2n) is 3.50. The van der Waals surface area contributed by atoms with Crippen molar-refractivity contribution in [1.29, 1.82) is 0 Å².